The fourth-order valence-electron chi connectivity index (χ4n) is 19.6. The van der Waals surface area contributed by atoms with Crippen LogP contribution in [0, 0.1) is 91.7 Å². The van der Waals surface area contributed by atoms with E-state index < -0.39 is 60.0 Å². The Morgan fingerprint density at radius 3 is 1.39 bits per heavy atom. The summed E-state index contributed by atoms with van der Waals surface area (Å²) in [6, 6.07) is 17.3. The SMILES string of the molecule is C.CC(C)(C)C1CO1.C[C@H](C(CC(O)C(C)(C)C)S(=O)(=O)c1ccccc1)[C@H]1CC[C@H]2[C@@H]3CC=C4C[C@](O)(C(F)(F)F)CC[C@]4(C)[C@H]3CC[C@]12C.C[C@H](CS(=O)(=O)c1ccccc1)[C@H]1CC[C@H]2[C@@H]3CC=C4C[C@](O)(C(F)(F)F)CC[C@]4(C)[C@H]3CC[C@]12C. The van der Waals surface area contributed by atoms with E-state index in [0.29, 0.717) is 69.7 Å². The van der Waals surface area contributed by atoms with Gasteiger partial charge in [-0.3, -0.25) is 0 Å². The highest BCUT2D eigenvalue weighted by Crippen LogP contribution is 2.71. The van der Waals surface area contributed by atoms with Crippen LogP contribution in [-0.4, -0.2) is 85.5 Å². The van der Waals surface area contributed by atoms with Crippen LogP contribution in [0.1, 0.15) is 200 Å². The van der Waals surface area contributed by atoms with Gasteiger partial charge in [0.15, 0.2) is 30.9 Å². The third-order valence-electron chi connectivity index (χ3n) is 25.3. The monoisotopic (exact) mass is 1260 g/mol. The molecule has 0 radical (unpaired) electrons. The molecule has 16 heteroatoms. The van der Waals surface area contributed by atoms with Crippen LogP contribution in [0.2, 0.25) is 0 Å². The second-order valence-corrected chi connectivity index (χ2v) is 36.2. The Morgan fingerprint density at radius 2 is 1.00 bits per heavy atom. The summed E-state index contributed by atoms with van der Waals surface area (Å²) in [4.78, 5) is 0.680. The number of benzene rings is 2. The second kappa shape index (κ2) is 24.3. The van der Waals surface area contributed by atoms with Gasteiger partial charge in [-0.15, -0.1) is 0 Å². The van der Waals surface area contributed by atoms with E-state index in [1.165, 1.54) is 0 Å². The van der Waals surface area contributed by atoms with Crippen LogP contribution < -0.4 is 0 Å². The van der Waals surface area contributed by atoms with Gasteiger partial charge >= 0.3 is 12.4 Å². The van der Waals surface area contributed by atoms with E-state index in [4.69, 9.17) is 4.74 Å². The molecule has 1 saturated heterocycles. The van der Waals surface area contributed by atoms with Crippen molar-refractivity contribution in [3.63, 3.8) is 0 Å². The van der Waals surface area contributed by atoms with E-state index in [2.05, 4.69) is 62.3 Å². The summed E-state index contributed by atoms with van der Waals surface area (Å²) in [5, 5.41) is 31.4. The maximum atomic E-state index is 14.2. The predicted molar refractivity (Wildman–Crippen MR) is 333 cm³/mol. The summed E-state index contributed by atoms with van der Waals surface area (Å²) in [6.45, 7) is 26.5. The highest BCUT2D eigenvalue weighted by molar-refractivity contribution is 7.92. The standard InChI is InChI=1S/C35H51F3O4S.C29H39F3O3S.C6H12O.CH4/c1-22(29(20-30(39)31(2,3)4)43(41,42)24-10-8-7-9-11-24)26-14-15-27-25-13-12-23-21-34(40,35(36,37)38)19-18-32(23,5)28(25)16-17-33(26,27)6;1-19(18-36(34,35)21-7-5-4-6-8-21)23-11-12-24-22-10-9-20-17-28(33,29(30,31)32)16-15-26(20,2)25(22)13-14-27(23,24)3;1-6(2,3)5-4-7-5;/h7-12,22,25-30,39-40H,13-21H2,1-6H3;4-9,19,22-25,33H,10-18H2,1-3H3;5H,4H2,1-3H3;1H4/t22-,25-,26+,27-,28-,29?,30?,32-,33+,34-;19-,22+,23-,24+,25+,26+,27-,28+;;/m01../s1. The van der Waals surface area contributed by atoms with Gasteiger partial charge in [-0.05, 0) is 212 Å². The van der Waals surface area contributed by atoms with Crippen LogP contribution in [-0.2, 0) is 24.4 Å². The van der Waals surface area contributed by atoms with Crippen molar-refractivity contribution < 1.29 is 63.2 Å². The zero-order valence-corrected chi connectivity index (χ0v) is 55.0. The number of alkyl halides is 6. The number of rotatable bonds is 10. The van der Waals surface area contributed by atoms with Crippen LogP contribution in [0.4, 0.5) is 26.3 Å². The molecule has 19 atom stereocenters. The first kappa shape index (κ1) is 70.1. The lowest BCUT2D eigenvalue weighted by molar-refractivity contribution is -0.271. The zero-order chi connectivity index (χ0) is 63.4. The van der Waals surface area contributed by atoms with Gasteiger partial charge in [-0.25, -0.2) is 16.8 Å². The van der Waals surface area contributed by atoms with Crippen molar-refractivity contribution in [1.82, 2.24) is 0 Å². The maximum absolute atomic E-state index is 14.2. The Morgan fingerprint density at radius 1 is 0.586 bits per heavy atom. The fourth-order valence-corrected chi connectivity index (χ4v) is 23.4. The van der Waals surface area contributed by atoms with Crippen molar-refractivity contribution in [2.24, 2.45) is 91.7 Å². The molecule has 8 aliphatic carbocycles. The summed E-state index contributed by atoms with van der Waals surface area (Å²) in [6.07, 6.45) is 3.58. The highest BCUT2D eigenvalue weighted by Gasteiger charge is 2.66. The number of hydrogen-bond acceptors (Lipinski definition) is 8. The summed E-state index contributed by atoms with van der Waals surface area (Å²) in [5.41, 5.74) is -4.40. The lowest BCUT2D eigenvalue weighted by atomic mass is 9.46. The minimum atomic E-state index is -4.64. The molecule has 11 rings (SSSR count). The Kier molecular flexibility index (Phi) is 19.6. The number of aliphatic hydroxyl groups is 3. The topological polar surface area (TPSA) is 142 Å². The van der Waals surface area contributed by atoms with Crippen LogP contribution in [0.5, 0.6) is 0 Å². The average molecular weight is 1270 g/mol. The Bertz CT molecular complexity index is 3020. The van der Waals surface area contributed by atoms with E-state index in [1.54, 1.807) is 48.5 Å². The van der Waals surface area contributed by atoms with E-state index in [1.807, 2.05) is 45.1 Å². The van der Waals surface area contributed by atoms with Gasteiger partial charge in [0.1, 0.15) is 0 Å². The number of epoxide rings is 1. The van der Waals surface area contributed by atoms with Crippen molar-refractivity contribution in [1.29, 1.82) is 0 Å². The molecule has 87 heavy (non-hydrogen) atoms. The normalized spacial score (nSPS) is 38.8. The van der Waals surface area contributed by atoms with Gasteiger partial charge in [-0.2, -0.15) is 26.3 Å². The van der Waals surface area contributed by atoms with Gasteiger partial charge in [0.05, 0.1) is 39.6 Å². The van der Waals surface area contributed by atoms with Gasteiger partial charge in [0.25, 0.3) is 0 Å². The summed E-state index contributed by atoms with van der Waals surface area (Å²) >= 11 is 0. The quantitative estimate of drug-likeness (QED) is 0.121. The van der Waals surface area contributed by atoms with E-state index in [0.717, 1.165) is 82.0 Å². The summed E-state index contributed by atoms with van der Waals surface area (Å²) in [5.74, 6) is 2.68. The molecule has 3 unspecified atom stereocenters. The lowest BCUT2D eigenvalue weighted by Gasteiger charge is -2.59. The number of ether oxygens (including phenoxy) is 1. The Hall–Kier alpha value is -2.76. The number of fused-ring (bicyclic) bond motifs is 10. The first-order chi connectivity index (χ1) is 39.6. The molecule has 3 N–H and O–H groups in total. The van der Waals surface area contributed by atoms with Crippen molar-refractivity contribution in [2.45, 2.75) is 250 Å². The molecule has 7 fully saturated rings. The molecule has 2 aromatic carbocycles. The molecule has 6 saturated carbocycles. The van der Waals surface area contributed by atoms with Gasteiger partial charge in [-0.1, -0.05) is 150 Å². The molecule has 0 amide bonds. The van der Waals surface area contributed by atoms with Crippen molar-refractivity contribution >= 4 is 19.7 Å². The molecule has 1 heterocycles. The predicted octanol–water partition coefficient (Wildman–Crippen LogP) is 17.2. The number of halogens is 6. The van der Waals surface area contributed by atoms with Gasteiger partial charge in [0.2, 0.25) is 0 Å². The van der Waals surface area contributed by atoms with Gasteiger partial charge < -0.3 is 20.1 Å². The average Bonchev–Trinajstić information content (AvgIpc) is 1.72. The molecule has 0 bridgehead atoms. The van der Waals surface area contributed by atoms with E-state index in [9.17, 15) is 58.5 Å². The summed E-state index contributed by atoms with van der Waals surface area (Å²) in [7, 11) is -7.07. The van der Waals surface area contributed by atoms with Crippen LogP contribution in [0.25, 0.3) is 0 Å². The minimum Gasteiger partial charge on any atom is -0.393 e. The third kappa shape index (κ3) is 13.0. The van der Waals surface area contributed by atoms with Crippen LogP contribution in [0.15, 0.2) is 93.8 Å². The number of sulfone groups is 2. The third-order valence-corrected chi connectivity index (χ3v) is 29.6. The zero-order valence-electron chi connectivity index (χ0n) is 53.3. The van der Waals surface area contributed by atoms with E-state index >= 15 is 0 Å². The number of allylic oxidation sites excluding steroid dienone is 2. The van der Waals surface area contributed by atoms with Crippen LogP contribution >= 0.6 is 0 Å². The Labute approximate surface area is 518 Å². The minimum absolute atomic E-state index is 0. The maximum Gasteiger partial charge on any atom is 0.417 e. The summed E-state index contributed by atoms with van der Waals surface area (Å²) < 4.78 is 142. The van der Waals surface area contributed by atoms with Crippen molar-refractivity contribution in [2.75, 3.05) is 12.4 Å². The molecule has 8 nitrogen and oxygen atoms in total. The second-order valence-electron chi connectivity index (χ2n) is 32.0. The van der Waals surface area contributed by atoms with Crippen molar-refractivity contribution in [3.8, 4) is 0 Å². The first-order valence-corrected chi connectivity index (χ1v) is 35.6. The molecule has 492 valence electrons. The van der Waals surface area contributed by atoms with E-state index in [-0.39, 0.29) is 90.6 Å². The smallest absolute Gasteiger partial charge is 0.393 e. The van der Waals surface area contributed by atoms with Crippen molar-refractivity contribution in [3.05, 3.63) is 84.0 Å². The Balaban J connectivity index is 0.000000203. The fraction of sp³-hybridized carbons (Fsp3) is 0.775. The largest absolute Gasteiger partial charge is 0.417 e. The molecule has 0 aromatic heterocycles. The molecule has 1 aliphatic heterocycles. The molecule has 9 aliphatic rings. The number of aliphatic hydroxyl groups excluding tert-OH is 1. The number of hydrogen-bond donors (Lipinski definition) is 3. The van der Waals surface area contributed by atoms with Crippen LogP contribution in [0.3, 0.4) is 0 Å². The molecule has 0 spiro atoms. The first-order valence-electron chi connectivity index (χ1n) is 32.4. The molecular formula is C71H106F6O8S2. The lowest BCUT2D eigenvalue weighted by Crippen LogP contribution is -2.56. The van der Waals surface area contributed by atoms with Gasteiger partial charge in [0, 0.05) is 12.8 Å². The molecular weight excluding hydrogens is 1160 g/mol. The molecule has 2 aromatic rings. The highest BCUT2D eigenvalue weighted by atomic mass is 32.2.